The van der Waals surface area contributed by atoms with E-state index in [2.05, 4.69) is 31.1 Å². The molecular formula is C25H28N4O4. The SMILES string of the molecule is CC(C)(C)c1ccc(N2CCO[C@H]([C@@H](O)C(=O)Nc3ccc4c(N)nccc4c3)C2=O)cc1. The number of nitrogens with two attached hydrogens (primary N) is 1. The van der Waals surface area contributed by atoms with Crippen LogP contribution in [0.25, 0.3) is 10.8 Å². The van der Waals surface area contributed by atoms with Crippen molar-refractivity contribution in [3.8, 4) is 0 Å². The lowest BCUT2D eigenvalue weighted by Gasteiger charge is -2.34. The van der Waals surface area contributed by atoms with Gasteiger partial charge in [0.15, 0.2) is 12.2 Å². The van der Waals surface area contributed by atoms with Gasteiger partial charge in [0.2, 0.25) is 0 Å². The zero-order valence-corrected chi connectivity index (χ0v) is 18.9. The Kier molecular flexibility index (Phi) is 6.05. The third kappa shape index (κ3) is 4.67. The van der Waals surface area contributed by atoms with Crippen LogP contribution in [-0.2, 0) is 19.7 Å². The number of anilines is 3. The van der Waals surface area contributed by atoms with Crippen LogP contribution in [0.2, 0.25) is 0 Å². The summed E-state index contributed by atoms with van der Waals surface area (Å²) in [6, 6.07) is 14.6. The van der Waals surface area contributed by atoms with E-state index in [1.165, 1.54) is 0 Å². The van der Waals surface area contributed by atoms with E-state index in [4.69, 9.17) is 10.5 Å². The highest BCUT2D eigenvalue weighted by molar-refractivity contribution is 6.04. The number of benzene rings is 2. The second kappa shape index (κ2) is 8.80. The Labute approximate surface area is 192 Å². The highest BCUT2D eigenvalue weighted by Crippen LogP contribution is 2.27. The lowest BCUT2D eigenvalue weighted by molar-refractivity contribution is -0.150. The molecule has 8 heteroatoms. The minimum absolute atomic E-state index is 0.00460. The molecule has 0 radical (unpaired) electrons. The average molecular weight is 449 g/mol. The Morgan fingerprint density at radius 1 is 1.21 bits per heavy atom. The molecule has 2 heterocycles. The van der Waals surface area contributed by atoms with E-state index < -0.39 is 24.0 Å². The molecule has 3 aromatic rings. The number of fused-ring (bicyclic) bond motifs is 1. The molecule has 0 spiro atoms. The van der Waals surface area contributed by atoms with Gasteiger partial charge in [-0.2, -0.15) is 0 Å². The molecular weight excluding hydrogens is 420 g/mol. The predicted molar refractivity (Wildman–Crippen MR) is 128 cm³/mol. The lowest BCUT2D eigenvalue weighted by Crippen LogP contribution is -2.55. The molecule has 172 valence electrons. The van der Waals surface area contributed by atoms with Crippen LogP contribution in [0.5, 0.6) is 0 Å². The van der Waals surface area contributed by atoms with Crippen LogP contribution in [-0.4, -0.2) is 47.3 Å². The van der Waals surface area contributed by atoms with Crippen molar-refractivity contribution in [2.24, 2.45) is 0 Å². The first-order chi connectivity index (χ1) is 15.6. The molecule has 0 saturated carbocycles. The van der Waals surface area contributed by atoms with Crippen LogP contribution in [0, 0.1) is 0 Å². The molecule has 1 aliphatic rings. The number of aliphatic hydroxyl groups is 1. The van der Waals surface area contributed by atoms with E-state index in [0.29, 0.717) is 23.7 Å². The van der Waals surface area contributed by atoms with Crippen LogP contribution < -0.4 is 16.0 Å². The zero-order chi connectivity index (χ0) is 23.8. The number of nitrogens with one attached hydrogen (secondary N) is 1. The maximum atomic E-state index is 13.1. The lowest BCUT2D eigenvalue weighted by atomic mass is 9.87. The molecule has 2 atom stereocenters. The van der Waals surface area contributed by atoms with Gasteiger partial charge in [-0.05, 0) is 52.8 Å². The highest BCUT2D eigenvalue weighted by Gasteiger charge is 2.39. The number of carbonyl (C=O) groups is 2. The Bertz CT molecular complexity index is 1190. The summed E-state index contributed by atoms with van der Waals surface area (Å²) in [5.41, 5.74) is 8.18. The molecule has 1 aromatic heterocycles. The van der Waals surface area contributed by atoms with Crippen LogP contribution >= 0.6 is 0 Å². The number of morpholine rings is 1. The zero-order valence-electron chi connectivity index (χ0n) is 18.9. The maximum absolute atomic E-state index is 13.1. The van der Waals surface area contributed by atoms with Crippen molar-refractivity contribution in [1.82, 2.24) is 4.98 Å². The number of amides is 2. The standard InChI is InChI=1S/C25H28N4O4/c1-25(2,3)16-4-7-18(8-5-16)29-12-13-33-21(24(29)32)20(30)23(31)28-17-6-9-19-15(14-17)10-11-27-22(19)26/h4-11,14,20-21,30H,12-13H2,1-3H3,(H2,26,27)(H,28,31)/t20-,21-/m1/s1. The molecule has 2 aromatic carbocycles. The summed E-state index contributed by atoms with van der Waals surface area (Å²) in [4.78, 5) is 31.3. The first kappa shape index (κ1) is 22.7. The van der Waals surface area contributed by atoms with Gasteiger partial charge in [0, 0.05) is 29.5 Å². The average Bonchev–Trinajstić information content (AvgIpc) is 2.78. The van der Waals surface area contributed by atoms with E-state index in [0.717, 1.165) is 16.3 Å². The van der Waals surface area contributed by atoms with E-state index >= 15 is 0 Å². The van der Waals surface area contributed by atoms with Crippen molar-refractivity contribution < 1.29 is 19.4 Å². The number of hydrogen-bond donors (Lipinski definition) is 3. The molecule has 1 fully saturated rings. The van der Waals surface area contributed by atoms with Crippen molar-refractivity contribution in [1.29, 1.82) is 0 Å². The largest absolute Gasteiger partial charge is 0.383 e. The first-order valence-electron chi connectivity index (χ1n) is 10.8. The maximum Gasteiger partial charge on any atom is 0.259 e. The summed E-state index contributed by atoms with van der Waals surface area (Å²) in [6.07, 6.45) is -1.37. The van der Waals surface area contributed by atoms with Gasteiger partial charge in [0.25, 0.3) is 11.8 Å². The van der Waals surface area contributed by atoms with E-state index in [-0.39, 0.29) is 12.0 Å². The second-order valence-corrected chi connectivity index (χ2v) is 9.14. The van der Waals surface area contributed by atoms with Gasteiger partial charge in [-0.3, -0.25) is 9.59 Å². The number of nitrogen functional groups attached to an aromatic ring is 1. The van der Waals surface area contributed by atoms with Gasteiger partial charge < -0.3 is 25.8 Å². The van der Waals surface area contributed by atoms with Gasteiger partial charge in [-0.1, -0.05) is 32.9 Å². The van der Waals surface area contributed by atoms with E-state index in [9.17, 15) is 14.7 Å². The fourth-order valence-electron chi connectivity index (χ4n) is 3.86. The number of nitrogens with zero attached hydrogens (tertiary/aromatic N) is 2. The van der Waals surface area contributed by atoms with Crippen LogP contribution in [0.3, 0.4) is 0 Å². The van der Waals surface area contributed by atoms with Crippen molar-refractivity contribution in [3.05, 3.63) is 60.3 Å². The number of pyridine rings is 1. The number of aliphatic hydroxyl groups excluding tert-OH is 1. The molecule has 33 heavy (non-hydrogen) atoms. The molecule has 0 aliphatic carbocycles. The number of aromatic nitrogens is 1. The fourth-order valence-corrected chi connectivity index (χ4v) is 3.86. The monoisotopic (exact) mass is 448 g/mol. The minimum atomic E-state index is -1.66. The molecule has 4 rings (SSSR count). The third-order valence-electron chi connectivity index (χ3n) is 5.78. The van der Waals surface area contributed by atoms with Gasteiger partial charge >= 0.3 is 0 Å². The number of hydrogen-bond acceptors (Lipinski definition) is 6. The van der Waals surface area contributed by atoms with Crippen LogP contribution in [0.1, 0.15) is 26.3 Å². The van der Waals surface area contributed by atoms with Gasteiger partial charge in [-0.25, -0.2) is 4.98 Å². The normalized spacial score (nSPS) is 17.8. The summed E-state index contributed by atoms with van der Waals surface area (Å²) < 4.78 is 5.50. The Morgan fingerprint density at radius 3 is 2.64 bits per heavy atom. The summed E-state index contributed by atoms with van der Waals surface area (Å²) in [7, 11) is 0. The van der Waals surface area contributed by atoms with Crippen molar-refractivity contribution >= 4 is 39.8 Å². The molecule has 0 unspecified atom stereocenters. The van der Waals surface area contributed by atoms with Gasteiger partial charge in [-0.15, -0.1) is 0 Å². The molecule has 8 nitrogen and oxygen atoms in total. The van der Waals surface area contributed by atoms with E-state index in [1.807, 2.05) is 24.3 Å². The Hall–Kier alpha value is -3.49. The number of carbonyl (C=O) groups excluding carboxylic acids is 2. The summed E-state index contributed by atoms with van der Waals surface area (Å²) >= 11 is 0. The van der Waals surface area contributed by atoms with Crippen molar-refractivity contribution in [2.75, 3.05) is 29.1 Å². The van der Waals surface area contributed by atoms with Crippen molar-refractivity contribution in [2.45, 2.75) is 38.4 Å². The summed E-state index contributed by atoms with van der Waals surface area (Å²) in [5.74, 6) is -0.785. The third-order valence-corrected chi connectivity index (χ3v) is 5.78. The van der Waals surface area contributed by atoms with Gasteiger partial charge in [0.05, 0.1) is 6.61 Å². The molecule has 0 bridgehead atoms. The predicted octanol–water partition coefficient (Wildman–Crippen LogP) is 2.85. The summed E-state index contributed by atoms with van der Waals surface area (Å²) in [5, 5.41) is 14.8. The van der Waals surface area contributed by atoms with Crippen molar-refractivity contribution in [3.63, 3.8) is 0 Å². The van der Waals surface area contributed by atoms with Gasteiger partial charge in [0.1, 0.15) is 5.82 Å². The molecule has 2 amide bonds. The first-order valence-corrected chi connectivity index (χ1v) is 10.8. The van der Waals surface area contributed by atoms with Crippen LogP contribution in [0.15, 0.2) is 54.7 Å². The second-order valence-electron chi connectivity index (χ2n) is 9.14. The number of ether oxygens (including phenoxy) is 1. The fraction of sp³-hybridized carbons (Fsp3) is 0.320. The number of rotatable bonds is 4. The quantitative estimate of drug-likeness (QED) is 0.565. The molecule has 4 N–H and O–H groups in total. The van der Waals surface area contributed by atoms with Crippen LogP contribution in [0.4, 0.5) is 17.2 Å². The Balaban J connectivity index is 1.47. The topological polar surface area (TPSA) is 118 Å². The summed E-state index contributed by atoms with van der Waals surface area (Å²) in [6.45, 7) is 6.92. The Morgan fingerprint density at radius 2 is 1.94 bits per heavy atom. The minimum Gasteiger partial charge on any atom is -0.383 e. The molecule has 1 saturated heterocycles. The smallest absolute Gasteiger partial charge is 0.259 e. The molecule has 1 aliphatic heterocycles. The highest BCUT2D eigenvalue weighted by atomic mass is 16.5. The van der Waals surface area contributed by atoms with E-state index in [1.54, 1.807) is 35.4 Å².